The van der Waals surface area contributed by atoms with Crippen LogP contribution in [-0.4, -0.2) is 45.1 Å². The molecule has 0 saturated carbocycles. The van der Waals surface area contributed by atoms with Gasteiger partial charge in [0.1, 0.15) is 11.6 Å². The summed E-state index contributed by atoms with van der Waals surface area (Å²) in [6.45, 7) is 3.15. The van der Waals surface area contributed by atoms with E-state index in [1.807, 2.05) is 31.2 Å². The number of aromatic nitrogens is 1. The lowest BCUT2D eigenvalue weighted by Crippen LogP contribution is -2.30. The number of nitrogens with zero attached hydrogens (tertiary/aromatic N) is 2. The maximum Gasteiger partial charge on any atom is 0.152 e. The summed E-state index contributed by atoms with van der Waals surface area (Å²) in [4.78, 5) is 6.59. The van der Waals surface area contributed by atoms with Gasteiger partial charge in [0.2, 0.25) is 0 Å². The van der Waals surface area contributed by atoms with E-state index in [1.54, 1.807) is 13.3 Å². The highest BCUT2D eigenvalue weighted by Crippen LogP contribution is 2.31. The van der Waals surface area contributed by atoms with E-state index in [2.05, 4.69) is 9.88 Å². The molecule has 1 fully saturated rings. The van der Waals surface area contributed by atoms with Crippen LogP contribution in [0.4, 0.5) is 5.82 Å². The quantitative estimate of drug-likeness (QED) is 0.848. The third kappa shape index (κ3) is 2.88. The fourth-order valence-corrected chi connectivity index (χ4v) is 4.71. The first-order valence-electron chi connectivity index (χ1n) is 7.37. The second-order valence-corrected chi connectivity index (χ2v) is 8.08. The van der Waals surface area contributed by atoms with E-state index in [4.69, 9.17) is 4.74 Å². The molecule has 22 heavy (non-hydrogen) atoms. The number of rotatable bonds is 2. The molecule has 1 atom stereocenters. The van der Waals surface area contributed by atoms with Crippen LogP contribution in [-0.2, 0) is 9.84 Å². The van der Waals surface area contributed by atoms with Gasteiger partial charge in [0, 0.05) is 30.1 Å². The van der Waals surface area contributed by atoms with Gasteiger partial charge in [-0.2, -0.15) is 0 Å². The fourth-order valence-electron chi connectivity index (χ4n) is 3.07. The van der Waals surface area contributed by atoms with Gasteiger partial charge in [0.25, 0.3) is 0 Å². The maximum absolute atomic E-state index is 12.0. The third-order valence-electron chi connectivity index (χ3n) is 4.01. The summed E-state index contributed by atoms with van der Waals surface area (Å²) in [5.41, 5.74) is 0. The number of anilines is 1. The number of fused-ring (bicyclic) bond motifs is 1. The Bertz CT molecular complexity index is 789. The molecule has 0 spiro atoms. The Balaban J connectivity index is 2.06. The second kappa shape index (κ2) is 5.76. The minimum absolute atomic E-state index is 0.0927. The van der Waals surface area contributed by atoms with Gasteiger partial charge in [-0.1, -0.05) is 19.1 Å². The Morgan fingerprint density at radius 2 is 2.09 bits per heavy atom. The van der Waals surface area contributed by atoms with Crippen molar-refractivity contribution in [2.45, 2.75) is 6.92 Å². The highest BCUT2D eigenvalue weighted by molar-refractivity contribution is 7.91. The van der Waals surface area contributed by atoms with E-state index in [0.29, 0.717) is 13.1 Å². The molecule has 1 saturated heterocycles. The molecule has 2 heterocycles. The predicted molar refractivity (Wildman–Crippen MR) is 88.3 cm³/mol. The highest BCUT2D eigenvalue weighted by Gasteiger charge is 2.25. The molecule has 1 aromatic carbocycles. The van der Waals surface area contributed by atoms with E-state index >= 15 is 0 Å². The molecule has 0 bridgehead atoms. The van der Waals surface area contributed by atoms with Crippen LogP contribution in [0.5, 0.6) is 5.75 Å². The Hall–Kier alpha value is -1.82. The second-order valence-electron chi connectivity index (χ2n) is 5.86. The van der Waals surface area contributed by atoms with Crippen molar-refractivity contribution in [3.8, 4) is 5.75 Å². The zero-order valence-corrected chi connectivity index (χ0v) is 13.6. The van der Waals surface area contributed by atoms with Gasteiger partial charge < -0.3 is 9.64 Å². The van der Waals surface area contributed by atoms with Crippen LogP contribution in [0.3, 0.4) is 0 Å². The van der Waals surface area contributed by atoms with Crippen LogP contribution >= 0.6 is 0 Å². The average molecular weight is 320 g/mol. The highest BCUT2D eigenvalue weighted by atomic mass is 32.2. The Morgan fingerprint density at radius 3 is 2.86 bits per heavy atom. The molecule has 1 aliphatic heterocycles. The molecule has 1 aliphatic rings. The SMILES string of the molecule is COc1cccc2c(N3CCS(=O)(=O)CC(C)C3)nccc12. The Kier molecular flexibility index (Phi) is 3.95. The van der Waals surface area contributed by atoms with E-state index in [9.17, 15) is 8.42 Å². The molecule has 5 nitrogen and oxygen atoms in total. The summed E-state index contributed by atoms with van der Waals surface area (Å²) in [6.07, 6.45) is 1.75. The monoisotopic (exact) mass is 320 g/mol. The number of pyridine rings is 1. The fraction of sp³-hybridized carbons (Fsp3) is 0.438. The van der Waals surface area contributed by atoms with Gasteiger partial charge in [-0.05, 0) is 18.1 Å². The summed E-state index contributed by atoms with van der Waals surface area (Å²) in [5, 5.41) is 1.99. The smallest absolute Gasteiger partial charge is 0.152 e. The van der Waals surface area contributed by atoms with Crippen molar-refractivity contribution in [3.63, 3.8) is 0 Å². The topological polar surface area (TPSA) is 59.5 Å². The average Bonchev–Trinajstić information content (AvgIpc) is 2.63. The van der Waals surface area contributed by atoms with Gasteiger partial charge in [-0.3, -0.25) is 0 Å². The van der Waals surface area contributed by atoms with Crippen LogP contribution in [0.1, 0.15) is 6.92 Å². The summed E-state index contributed by atoms with van der Waals surface area (Å²) in [5.74, 6) is 2.16. The summed E-state index contributed by atoms with van der Waals surface area (Å²) in [6, 6.07) is 7.78. The molecule has 0 aliphatic carbocycles. The van der Waals surface area contributed by atoms with E-state index in [1.165, 1.54) is 0 Å². The van der Waals surface area contributed by atoms with Crippen molar-refractivity contribution in [2.24, 2.45) is 5.92 Å². The maximum atomic E-state index is 12.0. The minimum atomic E-state index is -2.97. The lowest BCUT2D eigenvalue weighted by Gasteiger charge is -2.24. The molecule has 118 valence electrons. The lowest BCUT2D eigenvalue weighted by molar-refractivity contribution is 0.420. The molecular formula is C16H20N2O3S. The standard InChI is InChI=1S/C16H20N2O3S/c1-12-10-18(8-9-22(19,20)11-12)16-14-4-3-5-15(21-2)13(14)6-7-17-16/h3-7,12H,8-11H2,1-2H3. The summed E-state index contributed by atoms with van der Waals surface area (Å²) >= 11 is 0. The van der Waals surface area contributed by atoms with Gasteiger partial charge >= 0.3 is 0 Å². The molecule has 6 heteroatoms. The summed E-state index contributed by atoms with van der Waals surface area (Å²) < 4.78 is 29.3. The summed E-state index contributed by atoms with van der Waals surface area (Å²) in [7, 11) is -1.32. The van der Waals surface area contributed by atoms with Gasteiger partial charge in [-0.15, -0.1) is 0 Å². The molecule has 0 radical (unpaired) electrons. The van der Waals surface area contributed by atoms with Gasteiger partial charge in [0.05, 0.1) is 18.6 Å². The van der Waals surface area contributed by atoms with Crippen molar-refractivity contribution in [2.75, 3.05) is 36.6 Å². The van der Waals surface area contributed by atoms with Crippen molar-refractivity contribution in [3.05, 3.63) is 30.5 Å². The van der Waals surface area contributed by atoms with Crippen LogP contribution in [0.2, 0.25) is 0 Å². The third-order valence-corrected chi connectivity index (χ3v) is 5.89. The minimum Gasteiger partial charge on any atom is -0.496 e. The van der Waals surface area contributed by atoms with Crippen LogP contribution in [0.15, 0.2) is 30.5 Å². The molecule has 1 aromatic heterocycles. The first kappa shape index (κ1) is 15.1. The van der Waals surface area contributed by atoms with Crippen LogP contribution in [0.25, 0.3) is 10.8 Å². The number of hydrogen-bond acceptors (Lipinski definition) is 5. The molecule has 2 aromatic rings. The number of hydrogen-bond donors (Lipinski definition) is 0. The molecule has 0 amide bonds. The van der Waals surface area contributed by atoms with E-state index < -0.39 is 9.84 Å². The number of methoxy groups -OCH3 is 1. The first-order chi connectivity index (χ1) is 10.5. The number of ether oxygens (including phenoxy) is 1. The van der Waals surface area contributed by atoms with E-state index in [-0.39, 0.29) is 17.4 Å². The predicted octanol–water partition coefficient (Wildman–Crippen LogP) is 2.11. The Morgan fingerprint density at radius 1 is 1.27 bits per heavy atom. The van der Waals surface area contributed by atoms with Crippen molar-refractivity contribution < 1.29 is 13.2 Å². The van der Waals surface area contributed by atoms with Crippen LogP contribution < -0.4 is 9.64 Å². The molecule has 3 rings (SSSR count). The van der Waals surface area contributed by atoms with Crippen molar-refractivity contribution in [1.29, 1.82) is 0 Å². The van der Waals surface area contributed by atoms with E-state index in [0.717, 1.165) is 22.3 Å². The molecule has 0 N–H and O–H groups in total. The normalized spacial score (nSPS) is 21.5. The lowest BCUT2D eigenvalue weighted by atomic mass is 10.1. The van der Waals surface area contributed by atoms with Crippen molar-refractivity contribution >= 4 is 26.4 Å². The van der Waals surface area contributed by atoms with Crippen molar-refractivity contribution in [1.82, 2.24) is 4.98 Å². The van der Waals surface area contributed by atoms with Gasteiger partial charge in [-0.25, -0.2) is 13.4 Å². The molecule has 1 unspecified atom stereocenters. The van der Waals surface area contributed by atoms with Crippen LogP contribution in [0, 0.1) is 5.92 Å². The van der Waals surface area contributed by atoms with Gasteiger partial charge in [0.15, 0.2) is 9.84 Å². The number of benzene rings is 1. The Labute approximate surface area is 130 Å². The first-order valence-corrected chi connectivity index (χ1v) is 9.19. The molecular weight excluding hydrogens is 300 g/mol. The number of sulfone groups is 1. The zero-order valence-electron chi connectivity index (χ0n) is 12.8. The zero-order chi connectivity index (χ0) is 15.7. The largest absolute Gasteiger partial charge is 0.496 e.